The molecular formula is C12H24N4OS. The maximum Gasteiger partial charge on any atom is 0.0800 e. The largest absolute Gasteiger partial charge is 0.383 e. The van der Waals surface area contributed by atoms with E-state index in [9.17, 15) is 0 Å². The first kappa shape index (κ1) is 15.5. The molecular weight excluding hydrogens is 248 g/mol. The van der Waals surface area contributed by atoms with Gasteiger partial charge in [-0.25, -0.2) is 0 Å². The third kappa shape index (κ3) is 6.39. The summed E-state index contributed by atoms with van der Waals surface area (Å²) in [7, 11) is 1.72. The van der Waals surface area contributed by atoms with Crippen LogP contribution < -0.4 is 10.6 Å². The lowest BCUT2D eigenvalue weighted by Crippen LogP contribution is -2.24. The molecule has 104 valence electrons. The van der Waals surface area contributed by atoms with Crippen molar-refractivity contribution in [3.8, 4) is 0 Å². The second-order valence-electron chi connectivity index (χ2n) is 4.17. The van der Waals surface area contributed by atoms with Crippen molar-refractivity contribution in [2.45, 2.75) is 32.7 Å². The maximum absolute atomic E-state index is 4.96. The lowest BCUT2D eigenvalue weighted by Gasteiger charge is -2.05. The van der Waals surface area contributed by atoms with Crippen molar-refractivity contribution in [3.05, 3.63) is 10.6 Å². The van der Waals surface area contributed by atoms with E-state index in [1.807, 2.05) is 0 Å². The number of nitrogens with one attached hydrogen (secondary N) is 2. The monoisotopic (exact) mass is 272 g/mol. The van der Waals surface area contributed by atoms with Gasteiger partial charge < -0.3 is 15.4 Å². The van der Waals surface area contributed by atoms with E-state index in [0.717, 1.165) is 57.7 Å². The Morgan fingerprint density at radius 3 is 2.83 bits per heavy atom. The van der Waals surface area contributed by atoms with Crippen molar-refractivity contribution < 1.29 is 4.74 Å². The minimum Gasteiger partial charge on any atom is -0.383 e. The van der Waals surface area contributed by atoms with Crippen LogP contribution in [0.5, 0.6) is 0 Å². The molecule has 0 fully saturated rings. The zero-order valence-electron chi connectivity index (χ0n) is 11.4. The van der Waals surface area contributed by atoms with Gasteiger partial charge >= 0.3 is 0 Å². The summed E-state index contributed by atoms with van der Waals surface area (Å²) in [6.07, 6.45) is 3.28. The number of nitrogens with zero attached hydrogens (tertiary/aromatic N) is 2. The highest BCUT2D eigenvalue weighted by molar-refractivity contribution is 7.05. The van der Waals surface area contributed by atoms with Crippen LogP contribution in [-0.4, -0.2) is 42.9 Å². The predicted octanol–water partition coefficient (Wildman–Crippen LogP) is 1.21. The van der Waals surface area contributed by atoms with E-state index in [1.165, 1.54) is 16.4 Å². The van der Waals surface area contributed by atoms with Crippen molar-refractivity contribution in [1.82, 2.24) is 20.2 Å². The van der Waals surface area contributed by atoms with Crippen LogP contribution in [0, 0.1) is 0 Å². The molecule has 18 heavy (non-hydrogen) atoms. The van der Waals surface area contributed by atoms with E-state index in [4.69, 9.17) is 4.74 Å². The highest BCUT2D eigenvalue weighted by atomic mass is 32.1. The highest BCUT2D eigenvalue weighted by Gasteiger charge is 2.05. The van der Waals surface area contributed by atoms with E-state index in [2.05, 4.69) is 27.1 Å². The number of aryl methyl sites for hydroxylation is 1. The Kier molecular flexibility index (Phi) is 8.93. The lowest BCUT2D eigenvalue weighted by molar-refractivity contribution is 0.199. The van der Waals surface area contributed by atoms with Gasteiger partial charge in [0.25, 0.3) is 0 Å². The van der Waals surface area contributed by atoms with Crippen molar-refractivity contribution in [3.63, 3.8) is 0 Å². The van der Waals surface area contributed by atoms with Gasteiger partial charge in [-0.1, -0.05) is 17.8 Å². The van der Waals surface area contributed by atoms with Gasteiger partial charge in [0.1, 0.15) is 0 Å². The highest BCUT2D eigenvalue weighted by Crippen LogP contribution is 2.11. The molecule has 0 atom stereocenters. The van der Waals surface area contributed by atoms with Gasteiger partial charge in [0.15, 0.2) is 0 Å². The van der Waals surface area contributed by atoms with Crippen LogP contribution in [0.25, 0.3) is 0 Å². The summed E-state index contributed by atoms with van der Waals surface area (Å²) in [6.45, 7) is 6.81. The van der Waals surface area contributed by atoms with E-state index in [1.54, 1.807) is 7.11 Å². The quantitative estimate of drug-likeness (QED) is 0.593. The number of hydrogen-bond acceptors (Lipinski definition) is 6. The minimum absolute atomic E-state index is 0.778. The molecule has 0 spiro atoms. The second-order valence-corrected chi connectivity index (χ2v) is 5.00. The molecule has 0 saturated carbocycles. The Morgan fingerprint density at radius 1 is 1.22 bits per heavy atom. The molecule has 5 nitrogen and oxygen atoms in total. The number of hydrogen-bond donors (Lipinski definition) is 2. The summed E-state index contributed by atoms with van der Waals surface area (Å²) in [5.41, 5.74) is 1.16. The van der Waals surface area contributed by atoms with Gasteiger partial charge in [0.2, 0.25) is 0 Å². The smallest absolute Gasteiger partial charge is 0.0800 e. The molecule has 0 aliphatic rings. The number of rotatable bonds is 11. The lowest BCUT2D eigenvalue weighted by atomic mass is 10.2. The summed E-state index contributed by atoms with van der Waals surface area (Å²) in [5, 5.41) is 10.9. The van der Waals surface area contributed by atoms with Crippen LogP contribution in [-0.2, 0) is 17.7 Å². The first-order valence-corrected chi connectivity index (χ1v) is 7.36. The average molecular weight is 272 g/mol. The molecule has 1 aromatic rings. The van der Waals surface area contributed by atoms with Gasteiger partial charge in [-0.05, 0) is 37.5 Å². The van der Waals surface area contributed by atoms with E-state index in [0.29, 0.717) is 0 Å². The van der Waals surface area contributed by atoms with Gasteiger partial charge in [-0.3, -0.25) is 0 Å². The van der Waals surface area contributed by atoms with Gasteiger partial charge in [-0.15, -0.1) is 5.10 Å². The Labute approximate surface area is 113 Å². The normalized spacial score (nSPS) is 11.0. The van der Waals surface area contributed by atoms with Crippen LogP contribution in [0.4, 0.5) is 0 Å². The zero-order chi connectivity index (χ0) is 13.1. The number of ether oxygens (including phenoxy) is 1. The summed E-state index contributed by atoms with van der Waals surface area (Å²) < 4.78 is 8.98. The standard InChI is InChI=1S/C12H24N4OS/c1-3-5-11-12(18-16-15-11)10-14-7-4-6-13-8-9-17-2/h13-14H,3-10H2,1-2H3. The van der Waals surface area contributed by atoms with Crippen molar-refractivity contribution in [1.29, 1.82) is 0 Å². The van der Waals surface area contributed by atoms with Crippen LogP contribution in [0.3, 0.4) is 0 Å². The van der Waals surface area contributed by atoms with E-state index >= 15 is 0 Å². The summed E-state index contributed by atoms with van der Waals surface area (Å²) >= 11 is 1.51. The van der Waals surface area contributed by atoms with Crippen molar-refractivity contribution >= 4 is 11.5 Å². The molecule has 0 bridgehead atoms. The predicted molar refractivity (Wildman–Crippen MR) is 75.0 cm³/mol. The zero-order valence-corrected chi connectivity index (χ0v) is 12.2. The first-order chi connectivity index (χ1) is 8.88. The van der Waals surface area contributed by atoms with Gasteiger partial charge in [0.05, 0.1) is 17.2 Å². The van der Waals surface area contributed by atoms with Crippen LogP contribution >= 0.6 is 11.5 Å². The minimum atomic E-state index is 0.778. The van der Waals surface area contributed by atoms with Crippen LogP contribution in [0.2, 0.25) is 0 Å². The Bertz CT molecular complexity index is 306. The SMILES string of the molecule is CCCc1nnsc1CNCCCNCCOC. The van der Waals surface area contributed by atoms with Crippen LogP contribution in [0.15, 0.2) is 0 Å². The first-order valence-electron chi connectivity index (χ1n) is 6.59. The van der Waals surface area contributed by atoms with E-state index < -0.39 is 0 Å². The fourth-order valence-corrected chi connectivity index (χ4v) is 2.28. The molecule has 0 aliphatic carbocycles. The summed E-state index contributed by atoms with van der Waals surface area (Å²) in [6, 6.07) is 0. The molecule has 1 rings (SSSR count). The van der Waals surface area contributed by atoms with Crippen LogP contribution in [0.1, 0.15) is 30.3 Å². The number of methoxy groups -OCH3 is 1. The molecule has 0 saturated heterocycles. The Balaban J connectivity index is 2.01. The van der Waals surface area contributed by atoms with Gasteiger partial charge in [-0.2, -0.15) is 0 Å². The molecule has 6 heteroatoms. The Morgan fingerprint density at radius 2 is 2.06 bits per heavy atom. The molecule has 1 aromatic heterocycles. The van der Waals surface area contributed by atoms with E-state index in [-0.39, 0.29) is 0 Å². The fourth-order valence-electron chi connectivity index (χ4n) is 1.63. The summed E-state index contributed by atoms with van der Waals surface area (Å²) in [4.78, 5) is 1.28. The second kappa shape index (κ2) is 10.4. The molecule has 0 radical (unpaired) electrons. The third-order valence-electron chi connectivity index (χ3n) is 2.60. The number of aromatic nitrogens is 2. The Hall–Kier alpha value is -0.560. The average Bonchev–Trinajstić information content (AvgIpc) is 2.81. The third-order valence-corrected chi connectivity index (χ3v) is 3.36. The molecule has 0 aliphatic heterocycles. The maximum atomic E-state index is 4.96. The fraction of sp³-hybridized carbons (Fsp3) is 0.833. The molecule has 0 aromatic carbocycles. The molecule has 2 N–H and O–H groups in total. The molecule has 1 heterocycles. The summed E-state index contributed by atoms with van der Waals surface area (Å²) in [5.74, 6) is 0. The molecule has 0 unspecified atom stereocenters. The van der Waals surface area contributed by atoms with Gasteiger partial charge in [0, 0.05) is 20.2 Å². The molecule has 0 amide bonds. The van der Waals surface area contributed by atoms with Crippen molar-refractivity contribution in [2.24, 2.45) is 0 Å². The topological polar surface area (TPSA) is 59.1 Å². The van der Waals surface area contributed by atoms with Crippen molar-refractivity contribution in [2.75, 3.05) is 33.4 Å².